The van der Waals surface area contributed by atoms with E-state index in [1.807, 2.05) is 30.8 Å². The quantitative estimate of drug-likeness (QED) is 0.676. The summed E-state index contributed by atoms with van der Waals surface area (Å²) in [6.07, 6.45) is 5.17. The van der Waals surface area contributed by atoms with Crippen molar-refractivity contribution in [3.8, 4) is 0 Å². The molecule has 1 N–H and O–H groups in total. The molecular weight excluding hydrogens is 342 g/mol. The summed E-state index contributed by atoms with van der Waals surface area (Å²) in [5.41, 5.74) is 0.891. The third kappa shape index (κ3) is 3.34. The van der Waals surface area contributed by atoms with Crippen molar-refractivity contribution < 1.29 is 14.4 Å². The Bertz CT molecular complexity index is 898. The molecule has 0 saturated carbocycles. The smallest absolute Gasteiger partial charge is 0.335 e. The van der Waals surface area contributed by atoms with Gasteiger partial charge in [0, 0.05) is 23.5 Å². The van der Waals surface area contributed by atoms with Gasteiger partial charge in [0.05, 0.1) is 5.69 Å². The molecule has 4 amide bonds. The molecule has 0 bridgehead atoms. The molecule has 128 valence electrons. The van der Waals surface area contributed by atoms with Crippen LogP contribution in [0.15, 0.2) is 48.3 Å². The van der Waals surface area contributed by atoms with Crippen LogP contribution in [-0.4, -0.2) is 22.4 Å². The molecule has 2 heterocycles. The van der Waals surface area contributed by atoms with Crippen molar-refractivity contribution in [1.82, 2.24) is 9.88 Å². The Balaban J connectivity index is 1.99. The molecule has 1 aliphatic rings. The molecule has 25 heavy (non-hydrogen) atoms. The molecule has 0 unspecified atom stereocenters. The highest BCUT2D eigenvalue weighted by atomic mass is 35.5. The molecule has 1 aliphatic heterocycles. The first-order valence-electron chi connectivity index (χ1n) is 7.71. The predicted octanol–water partition coefficient (Wildman–Crippen LogP) is 3.39. The molecule has 0 atom stereocenters. The van der Waals surface area contributed by atoms with Crippen LogP contribution in [0.1, 0.15) is 25.5 Å². The third-order valence-corrected chi connectivity index (χ3v) is 4.05. The number of nitrogens with one attached hydrogen (secondary N) is 1. The highest BCUT2D eigenvalue weighted by Gasteiger charge is 2.36. The molecule has 1 saturated heterocycles. The van der Waals surface area contributed by atoms with Crippen molar-refractivity contribution in [1.29, 1.82) is 0 Å². The number of amides is 4. The number of benzene rings is 1. The average molecular weight is 358 g/mol. The Labute approximate surface area is 149 Å². The van der Waals surface area contributed by atoms with Crippen molar-refractivity contribution >= 4 is 41.2 Å². The predicted molar refractivity (Wildman–Crippen MR) is 95.3 cm³/mol. The zero-order chi connectivity index (χ0) is 18.1. The van der Waals surface area contributed by atoms with Crippen LogP contribution in [0.4, 0.5) is 10.5 Å². The summed E-state index contributed by atoms with van der Waals surface area (Å²) in [4.78, 5) is 37.9. The number of aromatic nitrogens is 1. The summed E-state index contributed by atoms with van der Waals surface area (Å²) >= 11 is 5.93. The second-order valence-electron chi connectivity index (χ2n) is 5.92. The van der Waals surface area contributed by atoms with Gasteiger partial charge < -0.3 is 4.57 Å². The molecule has 0 aliphatic carbocycles. The van der Waals surface area contributed by atoms with Gasteiger partial charge in [-0.3, -0.25) is 14.9 Å². The van der Waals surface area contributed by atoms with Crippen LogP contribution in [0, 0.1) is 0 Å². The van der Waals surface area contributed by atoms with Gasteiger partial charge in [0.2, 0.25) is 0 Å². The summed E-state index contributed by atoms with van der Waals surface area (Å²) in [7, 11) is 0. The highest BCUT2D eigenvalue weighted by molar-refractivity contribution is 6.39. The Morgan fingerprint density at radius 3 is 2.56 bits per heavy atom. The molecule has 1 aromatic heterocycles. The van der Waals surface area contributed by atoms with Gasteiger partial charge in [0.25, 0.3) is 11.8 Å². The zero-order valence-electron chi connectivity index (χ0n) is 13.7. The second kappa shape index (κ2) is 6.57. The van der Waals surface area contributed by atoms with Gasteiger partial charge in [-0.2, -0.15) is 0 Å². The lowest BCUT2D eigenvalue weighted by atomic mass is 10.1. The van der Waals surface area contributed by atoms with E-state index < -0.39 is 17.8 Å². The minimum Gasteiger partial charge on any atom is -0.351 e. The average Bonchev–Trinajstić information content (AvgIpc) is 3.00. The Kier molecular flexibility index (Phi) is 4.46. The number of barbiturate groups is 1. The van der Waals surface area contributed by atoms with E-state index in [2.05, 4.69) is 5.32 Å². The molecule has 1 aromatic carbocycles. The van der Waals surface area contributed by atoms with Crippen LogP contribution in [0.2, 0.25) is 5.02 Å². The fourth-order valence-corrected chi connectivity index (χ4v) is 2.70. The van der Waals surface area contributed by atoms with Crippen LogP contribution in [0.3, 0.4) is 0 Å². The topological polar surface area (TPSA) is 71.4 Å². The SMILES string of the molecule is CC(C)n1ccc(/C=C2/C(=O)NC(=O)N(c3cccc(Cl)c3)C2=O)c1. The largest absolute Gasteiger partial charge is 0.351 e. The van der Waals surface area contributed by atoms with E-state index in [1.54, 1.807) is 24.3 Å². The van der Waals surface area contributed by atoms with Crippen LogP contribution in [-0.2, 0) is 9.59 Å². The van der Waals surface area contributed by atoms with Gasteiger partial charge in [-0.25, -0.2) is 9.69 Å². The molecular formula is C18H16ClN3O3. The van der Waals surface area contributed by atoms with Crippen molar-refractivity contribution in [3.05, 3.63) is 58.9 Å². The van der Waals surface area contributed by atoms with Gasteiger partial charge >= 0.3 is 6.03 Å². The van der Waals surface area contributed by atoms with Crippen molar-refractivity contribution in [2.45, 2.75) is 19.9 Å². The zero-order valence-corrected chi connectivity index (χ0v) is 14.4. The normalized spacial score (nSPS) is 16.7. The molecule has 7 heteroatoms. The number of hydrogen-bond acceptors (Lipinski definition) is 3. The maximum atomic E-state index is 12.7. The first kappa shape index (κ1) is 17.0. The second-order valence-corrected chi connectivity index (χ2v) is 6.36. The van der Waals surface area contributed by atoms with E-state index in [4.69, 9.17) is 11.6 Å². The van der Waals surface area contributed by atoms with Gasteiger partial charge in [-0.15, -0.1) is 0 Å². The Hall–Kier alpha value is -2.86. The highest BCUT2D eigenvalue weighted by Crippen LogP contribution is 2.24. The van der Waals surface area contributed by atoms with E-state index in [9.17, 15) is 14.4 Å². The number of carbonyl (C=O) groups is 3. The molecule has 3 rings (SSSR count). The number of nitrogens with zero attached hydrogens (tertiary/aromatic N) is 2. The van der Waals surface area contributed by atoms with Crippen molar-refractivity contribution in [2.24, 2.45) is 0 Å². The van der Waals surface area contributed by atoms with Gasteiger partial charge in [0.15, 0.2) is 0 Å². The fraction of sp³-hybridized carbons (Fsp3) is 0.167. The van der Waals surface area contributed by atoms with E-state index in [-0.39, 0.29) is 11.6 Å². The first-order chi connectivity index (χ1) is 11.9. The van der Waals surface area contributed by atoms with Gasteiger partial charge in [0.1, 0.15) is 5.57 Å². The van der Waals surface area contributed by atoms with E-state index in [1.165, 1.54) is 12.1 Å². The summed E-state index contributed by atoms with van der Waals surface area (Å²) in [5, 5.41) is 2.57. The Morgan fingerprint density at radius 2 is 1.92 bits per heavy atom. The number of rotatable bonds is 3. The molecule has 0 spiro atoms. The van der Waals surface area contributed by atoms with Gasteiger partial charge in [-0.1, -0.05) is 17.7 Å². The minimum atomic E-state index is -0.797. The summed E-state index contributed by atoms with van der Waals surface area (Å²) in [6.45, 7) is 4.05. The summed E-state index contributed by atoms with van der Waals surface area (Å²) < 4.78 is 1.96. The van der Waals surface area contributed by atoms with E-state index >= 15 is 0 Å². The molecule has 1 fully saturated rings. The van der Waals surface area contributed by atoms with E-state index in [0.29, 0.717) is 16.3 Å². The minimum absolute atomic E-state index is 0.110. The monoisotopic (exact) mass is 357 g/mol. The van der Waals surface area contributed by atoms with Crippen LogP contribution < -0.4 is 10.2 Å². The maximum absolute atomic E-state index is 12.7. The van der Waals surface area contributed by atoms with Crippen molar-refractivity contribution in [2.75, 3.05) is 4.90 Å². The number of halogens is 1. The fourth-order valence-electron chi connectivity index (χ4n) is 2.51. The molecule has 6 nitrogen and oxygen atoms in total. The Morgan fingerprint density at radius 1 is 1.16 bits per heavy atom. The lowest BCUT2D eigenvalue weighted by Crippen LogP contribution is -2.54. The van der Waals surface area contributed by atoms with Gasteiger partial charge in [-0.05, 0) is 49.8 Å². The number of urea groups is 1. The van der Waals surface area contributed by atoms with Crippen LogP contribution in [0.5, 0.6) is 0 Å². The van der Waals surface area contributed by atoms with Crippen LogP contribution in [0.25, 0.3) is 6.08 Å². The lowest BCUT2D eigenvalue weighted by Gasteiger charge is -2.26. The lowest BCUT2D eigenvalue weighted by molar-refractivity contribution is -0.122. The first-order valence-corrected chi connectivity index (χ1v) is 8.09. The molecule has 0 radical (unpaired) electrons. The number of imide groups is 2. The summed E-state index contributed by atoms with van der Waals surface area (Å²) in [6, 6.07) is 7.58. The molecule has 2 aromatic rings. The van der Waals surface area contributed by atoms with Crippen LogP contribution >= 0.6 is 11.6 Å². The maximum Gasteiger partial charge on any atom is 0.335 e. The number of hydrogen-bond donors (Lipinski definition) is 1. The van der Waals surface area contributed by atoms with E-state index in [0.717, 1.165) is 4.90 Å². The van der Waals surface area contributed by atoms with Crippen molar-refractivity contribution in [3.63, 3.8) is 0 Å². The third-order valence-electron chi connectivity index (χ3n) is 3.81. The summed E-state index contributed by atoms with van der Waals surface area (Å²) in [5.74, 6) is -1.40. The number of carbonyl (C=O) groups excluding carboxylic acids is 3. The standard InChI is InChI=1S/C18H16ClN3O3/c1-11(2)21-7-6-12(10-21)8-15-16(23)20-18(25)22(17(15)24)14-5-3-4-13(19)9-14/h3-11H,1-2H3,(H,20,23,25)/b15-8-. The number of anilines is 1.